The molecule has 2 aliphatic rings. The fraction of sp³-hybridized carbons (Fsp3) is 0.200. The Balaban J connectivity index is 1.28. The van der Waals surface area contributed by atoms with E-state index in [1.165, 1.54) is 12.1 Å². The van der Waals surface area contributed by atoms with Gasteiger partial charge in [0.05, 0.1) is 24.0 Å². The third-order valence-corrected chi connectivity index (χ3v) is 7.13. The molecule has 0 aromatic heterocycles. The van der Waals surface area contributed by atoms with E-state index in [1.807, 2.05) is 12.1 Å². The number of nitrogens with one attached hydrogen (secondary N) is 3. The first-order chi connectivity index (χ1) is 16.9. The number of anilines is 3. The number of sulfonamides is 1. The van der Waals surface area contributed by atoms with E-state index in [0.717, 1.165) is 12.0 Å². The van der Waals surface area contributed by atoms with Crippen LogP contribution in [0, 0.1) is 0 Å². The number of carbonyl (C=O) groups excluding carboxylic acids is 2. The van der Waals surface area contributed by atoms with E-state index < -0.39 is 15.9 Å². The van der Waals surface area contributed by atoms with Crippen molar-refractivity contribution in [2.24, 2.45) is 0 Å². The molecule has 2 aliphatic heterocycles. The molecule has 3 N–H and O–H groups in total. The van der Waals surface area contributed by atoms with Gasteiger partial charge in [-0.25, -0.2) is 8.42 Å². The van der Waals surface area contributed by atoms with Crippen molar-refractivity contribution in [3.63, 3.8) is 0 Å². The van der Waals surface area contributed by atoms with Crippen LogP contribution in [0.15, 0.2) is 71.6 Å². The zero-order chi connectivity index (χ0) is 24.4. The summed E-state index contributed by atoms with van der Waals surface area (Å²) in [4.78, 5) is 25.0. The summed E-state index contributed by atoms with van der Waals surface area (Å²) >= 11 is 0. The monoisotopic (exact) mass is 493 g/mol. The Morgan fingerprint density at radius 3 is 2.43 bits per heavy atom. The lowest BCUT2D eigenvalue weighted by molar-refractivity contribution is -0.123. The quantitative estimate of drug-likeness (QED) is 0.498. The molecule has 0 unspecified atom stereocenters. The number of hydrogen-bond donors (Lipinski definition) is 3. The molecule has 3 aromatic rings. The predicted octanol–water partition coefficient (Wildman–Crippen LogP) is 3.71. The molecule has 2 heterocycles. The molecule has 9 nitrogen and oxygen atoms in total. The molecular formula is C25H23N3O6S. The normalized spacial score (nSPS) is 16.9. The largest absolute Gasteiger partial charge is 0.490 e. The summed E-state index contributed by atoms with van der Waals surface area (Å²) in [5, 5.41) is 5.58. The summed E-state index contributed by atoms with van der Waals surface area (Å²) < 4.78 is 39.4. The Bertz CT molecular complexity index is 1390. The molecule has 0 aliphatic carbocycles. The van der Waals surface area contributed by atoms with Gasteiger partial charge in [0.2, 0.25) is 11.8 Å². The zero-order valence-corrected chi connectivity index (χ0v) is 19.4. The van der Waals surface area contributed by atoms with Crippen LogP contribution in [-0.2, 0) is 19.6 Å². The minimum absolute atomic E-state index is 0.0494. The highest BCUT2D eigenvalue weighted by atomic mass is 32.2. The van der Waals surface area contributed by atoms with E-state index in [2.05, 4.69) is 15.4 Å². The molecule has 0 spiro atoms. The Morgan fingerprint density at radius 2 is 1.63 bits per heavy atom. The number of hydrogen-bond acceptors (Lipinski definition) is 6. The summed E-state index contributed by atoms with van der Waals surface area (Å²) in [6.07, 6.45) is 0.772. The molecule has 0 fully saturated rings. The second-order valence-electron chi connectivity index (χ2n) is 8.22. The van der Waals surface area contributed by atoms with E-state index in [9.17, 15) is 18.0 Å². The average molecular weight is 494 g/mol. The van der Waals surface area contributed by atoms with Gasteiger partial charge in [0.15, 0.2) is 11.5 Å². The topological polar surface area (TPSA) is 123 Å². The van der Waals surface area contributed by atoms with Crippen LogP contribution >= 0.6 is 0 Å². The van der Waals surface area contributed by atoms with Gasteiger partial charge in [-0.2, -0.15) is 0 Å². The Morgan fingerprint density at radius 1 is 0.914 bits per heavy atom. The fourth-order valence-corrected chi connectivity index (χ4v) is 5.09. The van der Waals surface area contributed by atoms with Crippen LogP contribution in [0.2, 0.25) is 0 Å². The molecule has 2 amide bonds. The summed E-state index contributed by atoms with van der Waals surface area (Å²) in [6.45, 7) is 0.967. The van der Waals surface area contributed by atoms with E-state index in [0.29, 0.717) is 41.8 Å². The number of amides is 2. The molecule has 0 saturated carbocycles. The van der Waals surface area contributed by atoms with Crippen LogP contribution in [0.4, 0.5) is 17.1 Å². The molecule has 1 atom stereocenters. The highest BCUT2D eigenvalue weighted by Gasteiger charge is 2.30. The number of para-hydroxylation sites is 1. The highest BCUT2D eigenvalue weighted by molar-refractivity contribution is 7.92. The minimum atomic E-state index is -3.87. The first-order valence-electron chi connectivity index (χ1n) is 11.1. The van der Waals surface area contributed by atoms with Crippen molar-refractivity contribution < 1.29 is 27.5 Å². The van der Waals surface area contributed by atoms with Gasteiger partial charge < -0.3 is 20.1 Å². The van der Waals surface area contributed by atoms with E-state index in [4.69, 9.17) is 9.47 Å². The summed E-state index contributed by atoms with van der Waals surface area (Å²) in [6, 6.07) is 18.0. The van der Waals surface area contributed by atoms with Crippen LogP contribution < -0.4 is 24.8 Å². The second-order valence-corrected chi connectivity index (χ2v) is 9.91. The lowest BCUT2D eigenvalue weighted by Gasteiger charge is -2.24. The Kier molecular flexibility index (Phi) is 6.04. The molecular weight excluding hydrogens is 470 g/mol. The number of rotatable bonds is 5. The van der Waals surface area contributed by atoms with Gasteiger partial charge in [-0.05, 0) is 48.0 Å². The van der Waals surface area contributed by atoms with Crippen LogP contribution in [0.5, 0.6) is 11.5 Å². The van der Waals surface area contributed by atoms with Crippen molar-refractivity contribution in [3.8, 4) is 11.5 Å². The van der Waals surface area contributed by atoms with Crippen LogP contribution in [-0.4, -0.2) is 33.4 Å². The number of fused-ring (bicyclic) bond motifs is 2. The predicted molar refractivity (Wildman–Crippen MR) is 130 cm³/mol. The van der Waals surface area contributed by atoms with Crippen LogP contribution in [0.1, 0.15) is 24.3 Å². The number of carbonyl (C=O) groups is 2. The molecule has 3 aromatic carbocycles. The van der Waals surface area contributed by atoms with Gasteiger partial charge in [-0.3, -0.25) is 14.3 Å². The molecule has 10 heteroatoms. The van der Waals surface area contributed by atoms with Crippen molar-refractivity contribution >= 4 is 38.9 Å². The summed E-state index contributed by atoms with van der Waals surface area (Å²) in [7, 11) is -3.87. The molecule has 35 heavy (non-hydrogen) atoms. The third-order valence-electron chi connectivity index (χ3n) is 5.75. The first-order valence-corrected chi connectivity index (χ1v) is 12.6. The van der Waals surface area contributed by atoms with E-state index in [-0.39, 0.29) is 23.1 Å². The third kappa shape index (κ3) is 4.92. The highest BCUT2D eigenvalue weighted by Crippen LogP contribution is 2.34. The lowest BCUT2D eigenvalue weighted by Crippen LogP contribution is -2.30. The van der Waals surface area contributed by atoms with Crippen molar-refractivity contribution in [3.05, 3.63) is 72.3 Å². The van der Waals surface area contributed by atoms with Crippen molar-refractivity contribution in [2.75, 3.05) is 28.6 Å². The number of benzene rings is 3. The van der Waals surface area contributed by atoms with Crippen LogP contribution in [0.3, 0.4) is 0 Å². The maximum absolute atomic E-state index is 12.9. The summed E-state index contributed by atoms with van der Waals surface area (Å²) in [5.41, 5.74) is 2.20. The SMILES string of the molecule is O=C1C[C@@H](C(=O)Nc2ccc(NS(=O)(=O)c3ccc4c(c3)OCCCO4)cc2)c2ccccc2N1. The average Bonchev–Trinajstić information content (AvgIpc) is 3.09. The van der Waals surface area contributed by atoms with E-state index in [1.54, 1.807) is 42.5 Å². The standard InChI is InChI=1S/C25H23N3O6S/c29-24-15-20(19-4-1-2-5-21(19)27-24)25(30)26-16-6-8-17(9-7-16)28-35(31,32)18-10-11-22-23(14-18)34-13-3-12-33-22/h1-2,4-11,14,20,28H,3,12-13,15H2,(H,26,30)(H,27,29)/t20-/m1/s1. The molecule has 5 rings (SSSR count). The lowest BCUT2D eigenvalue weighted by atomic mass is 9.90. The van der Waals surface area contributed by atoms with Gasteiger partial charge in [0.1, 0.15) is 0 Å². The second kappa shape index (κ2) is 9.30. The van der Waals surface area contributed by atoms with Gasteiger partial charge >= 0.3 is 0 Å². The molecule has 0 saturated heterocycles. The Hall–Kier alpha value is -4.05. The minimum Gasteiger partial charge on any atom is -0.490 e. The van der Waals surface area contributed by atoms with Gasteiger partial charge in [-0.1, -0.05) is 18.2 Å². The molecule has 0 bridgehead atoms. The van der Waals surface area contributed by atoms with Crippen molar-refractivity contribution in [1.29, 1.82) is 0 Å². The van der Waals surface area contributed by atoms with Gasteiger partial charge in [0, 0.05) is 36.0 Å². The fourth-order valence-electron chi connectivity index (χ4n) is 4.02. The smallest absolute Gasteiger partial charge is 0.262 e. The van der Waals surface area contributed by atoms with Crippen molar-refractivity contribution in [2.45, 2.75) is 23.7 Å². The molecule has 0 radical (unpaired) electrons. The van der Waals surface area contributed by atoms with Gasteiger partial charge in [-0.15, -0.1) is 0 Å². The summed E-state index contributed by atoms with van der Waals surface area (Å²) in [5.74, 6) is -0.241. The van der Waals surface area contributed by atoms with Gasteiger partial charge in [0.25, 0.3) is 10.0 Å². The Labute approximate surface area is 202 Å². The zero-order valence-electron chi connectivity index (χ0n) is 18.6. The maximum atomic E-state index is 12.9. The molecule has 180 valence electrons. The van der Waals surface area contributed by atoms with Crippen LogP contribution in [0.25, 0.3) is 0 Å². The number of ether oxygens (including phenoxy) is 2. The maximum Gasteiger partial charge on any atom is 0.262 e. The first kappa shape index (κ1) is 22.7. The van der Waals surface area contributed by atoms with E-state index >= 15 is 0 Å². The van der Waals surface area contributed by atoms with Crippen molar-refractivity contribution in [1.82, 2.24) is 0 Å².